The van der Waals surface area contributed by atoms with Crippen LogP contribution in [0.3, 0.4) is 0 Å². The van der Waals surface area contributed by atoms with E-state index in [0.717, 1.165) is 39.1 Å². The van der Waals surface area contributed by atoms with Crippen molar-refractivity contribution in [1.82, 2.24) is 9.97 Å². The summed E-state index contributed by atoms with van der Waals surface area (Å²) in [6, 6.07) is 14.1. The Morgan fingerprint density at radius 2 is 2.05 bits per heavy atom. The summed E-state index contributed by atoms with van der Waals surface area (Å²) in [7, 11) is 0. The van der Waals surface area contributed by atoms with Crippen LogP contribution in [0.5, 0.6) is 5.75 Å². The Bertz CT molecular complexity index is 736. The molecule has 0 saturated carbocycles. The van der Waals surface area contributed by atoms with Crippen LogP contribution in [0, 0.1) is 6.92 Å². The fourth-order valence-corrected chi connectivity index (χ4v) is 2.49. The summed E-state index contributed by atoms with van der Waals surface area (Å²) in [5.74, 6) is 1.89. The molecular weight excluding hydrogens is 316 g/mol. The minimum absolute atomic E-state index is 0.617. The summed E-state index contributed by atoms with van der Waals surface area (Å²) >= 11 is 3.46. The molecule has 3 aromatic rings. The van der Waals surface area contributed by atoms with Gasteiger partial charge in [0.25, 0.3) is 0 Å². The highest BCUT2D eigenvalue weighted by Gasteiger charge is 2.04. The number of para-hydroxylation sites is 1. The summed E-state index contributed by atoms with van der Waals surface area (Å²) < 4.78 is 6.84. The van der Waals surface area contributed by atoms with Gasteiger partial charge in [-0.3, -0.25) is 0 Å². The van der Waals surface area contributed by atoms with Crippen molar-refractivity contribution in [2.45, 2.75) is 13.3 Å². The van der Waals surface area contributed by atoms with E-state index < -0.39 is 0 Å². The van der Waals surface area contributed by atoms with E-state index in [-0.39, 0.29) is 0 Å². The third-order valence-electron chi connectivity index (χ3n) is 3.18. The number of benzene rings is 2. The molecule has 2 aromatic carbocycles. The van der Waals surface area contributed by atoms with Crippen molar-refractivity contribution in [3.63, 3.8) is 0 Å². The summed E-state index contributed by atoms with van der Waals surface area (Å²) in [6.07, 6.45) is 0.765. The van der Waals surface area contributed by atoms with Crippen LogP contribution in [0.1, 0.15) is 11.4 Å². The summed E-state index contributed by atoms with van der Waals surface area (Å²) in [6.45, 7) is 2.67. The number of nitrogens with one attached hydrogen (secondary N) is 1. The maximum Gasteiger partial charge on any atom is 0.122 e. The fourth-order valence-electron chi connectivity index (χ4n) is 2.13. The van der Waals surface area contributed by atoms with Gasteiger partial charge in [-0.05, 0) is 36.8 Å². The van der Waals surface area contributed by atoms with Gasteiger partial charge in [0.2, 0.25) is 0 Å². The van der Waals surface area contributed by atoms with Crippen molar-refractivity contribution in [1.29, 1.82) is 0 Å². The van der Waals surface area contributed by atoms with E-state index in [2.05, 4.69) is 25.9 Å². The van der Waals surface area contributed by atoms with Crippen molar-refractivity contribution in [2.75, 3.05) is 6.61 Å². The second-order valence-corrected chi connectivity index (χ2v) is 5.62. The first kappa shape index (κ1) is 13.2. The molecule has 0 bridgehead atoms. The lowest BCUT2D eigenvalue weighted by molar-refractivity contribution is 0.317. The lowest BCUT2D eigenvalue weighted by Gasteiger charge is -2.07. The van der Waals surface area contributed by atoms with Crippen molar-refractivity contribution in [3.05, 3.63) is 58.3 Å². The van der Waals surface area contributed by atoms with Crippen LogP contribution in [0.2, 0.25) is 0 Å². The average Bonchev–Trinajstić information content (AvgIpc) is 2.83. The van der Waals surface area contributed by atoms with Gasteiger partial charge in [0.1, 0.15) is 11.6 Å². The zero-order chi connectivity index (χ0) is 13.9. The molecule has 0 amide bonds. The number of aryl methyl sites for hydroxylation is 1. The Morgan fingerprint density at radius 1 is 1.20 bits per heavy atom. The van der Waals surface area contributed by atoms with Crippen molar-refractivity contribution in [2.24, 2.45) is 0 Å². The summed E-state index contributed by atoms with van der Waals surface area (Å²) in [5.41, 5.74) is 3.19. The number of H-pyrrole nitrogens is 1. The predicted octanol–water partition coefficient (Wildman–Crippen LogP) is 4.26. The molecule has 0 fully saturated rings. The molecule has 4 heteroatoms. The number of hydrogen-bond acceptors (Lipinski definition) is 2. The highest BCUT2D eigenvalue weighted by molar-refractivity contribution is 9.10. The van der Waals surface area contributed by atoms with E-state index >= 15 is 0 Å². The molecule has 1 N–H and O–H groups in total. The topological polar surface area (TPSA) is 37.9 Å². The van der Waals surface area contributed by atoms with Crippen molar-refractivity contribution >= 4 is 27.0 Å². The molecule has 102 valence electrons. The molecule has 0 aliphatic rings. The molecule has 0 saturated heterocycles. The number of nitrogens with zero attached hydrogens (tertiary/aromatic N) is 1. The molecule has 3 rings (SSSR count). The van der Waals surface area contributed by atoms with E-state index in [1.54, 1.807) is 0 Å². The number of ether oxygens (including phenoxy) is 1. The van der Waals surface area contributed by atoms with Gasteiger partial charge in [-0.1, -0.05) is 34.1 Å². The zero-order valence-electron chi connectivity index (χ0n) is 11.2. The normalized spacial score (nSPS) is 10.9. The third kappa shape index (κ3) is 2.85. The SMILES string of the molecule is Cc1ccccc1OCCc1nc2ccc(Br)cc2[nH]1. The molecule has 0 unspecified atom stereocenters. The Morgan fingerprint density at radius 3 is 2.90 bits per heavy atom. The Hall–Kier alpha value is -1.81. The molecule has 0 spiro atoms. The molecule has 1 aromatic heterocycles. The summed E-state index contributed by atoms with van der Waals surface area (Å²) in [4.78, 5) is 7.87. The number of aromatic amines is 1. The largest absolute Gasteiger partial charge is 0.493 e. The Kier molecular flexibility index (Phi) is 3.74. The number of fused-ring (bicyclic) bond motifs is 1. The maximum absolute atomic E-state index is 5.79. The zero-order valence-corrected chi connectivity index (χ0v) is 12.8. The maximum atomic E-state index is 5.79. The number of hydrogen-bond donors (Lipinski definition) is 1. The number of rotatable bonds is 4. The van der Waals surface area contributed by atoms with Crippen LogP contribution in [-0.2, 0) is 6.42 Å². The average molecular weight is 331 g/mol. The van der Waals surface area contributed by atoms with Crippen molar-refractivity contribution in [3.8, 4) is 5.75 Å². The van der Waals surface area contributed by atoms with Crippen LogP contribution in [0.15, 0.2) is 46.9 Å². The van der Waals surface area contributed by atoms with Gasteiger partial charge in [0.15, 0.2) is 0 Å². The van der Waals surface area contributed by atoms with Gasteiger partial charge >= 0.3 is 0 Å². The number of halogens is 1. The van der Waals surface area contributed by atoms with Gasteiger partial charge in [-0.2, -0.15) is 0 Å². The van der Waals surface area contributed by atoms with Crippen LogP contribution < -0.4 is 4.74 Å². The highest BCUT2D eigenvalue weighted by atomic mass is 79.9. The molecule has 0 aliphatic carbocycles. The molecule has 20 heavy (non-hydrogen) atoms. The molecule has 1 heterocycles. The Labute approximate surface area is 126 Å². The quantitative estimate of drug-likeness (QED) is 0.776. The van der Waals surface area contributed by atoms with Crippen LogP contribution >= 0.6 is 15.9 Å². The van der Waals surface area contributed by atoms with E-state index in [9.17, 15) is 0 Å². The summed E-state index contributed by atoms with van der Waals surface area (Å²) in [5, 5.41) is 0. The number of imidazole rings is 1. The highest BCUT2D eigenvalue weighted by Crippen LogP contribution is 2.19. The third-order valence-corrected chi connectivity index (χ3v) is 3.68. The van der Waals surface area contributed by atoms with E-state index in [1.165, 1.54) is 0 Å². The first-order valence-electron chi connectivity index (χ1n) is 6.55. The van der Waals surface area contributed by atoms with Gasteiger partial charge < -0.3 is 9.72 Å². The molecule has 0 aliphatic heterocycles. The second kappa shape index (κ2) is 5.67. The minimum Gasteiger partial charge on any atom is -0.493 e. The number of aromatic nitrogens is 2. The van der Waals surface area contributed by atoms with E-state index in [1.807, 2.05) is 49.4 Å². The lowest BCUT2D eigenvalue weighted by atomic mass is 10.2. The lowest BCUT2D eigenvalue weighted by Crippen LogP contribution is -2.03. The van der Waals surface area contributed by atoms with E-state index in [0.29, 0.717) is 6.61 Å². The van der Waals surface area contributed by atoms with Crippen LogP contribution in [0.25, 0.3) is 11.0 Å². The molecule has 0 radical (unpaired) electrons. The first-order chi connectivity index (χ1) is 9.72. The minimum atomic E-state index is 0.617. The van der Waals surface area contributed by atoms with Gasteiger partial charge in [-0.25, -0.2) is 4.98 Å². The van der Waals surface area contributed by atoms with Gasteiger partial charge in [-0.15, -0.1) is 0 Å². The fraction of sp³-hybridized carbons (Fsp3) is 0.188. The van der Waals surface area contributed by atoms with Gasteiger partial charge in [0, 0.05) is 10.9 Å². The van der Waals surface area contributed by atoms with Crippen LogP contribution in [0.4, 0.5) is 0 Å². The first-order valence-corrected chi connectivity index (χ1v) is 7.34. The smallest absolute Gasteiger partial charge is 0.122 e. The molecule has 3 nitrogen and oxygen atoms in total. The van der Waals surface area contributed by atoms with Gasteiger partial charge in [0.05, 0.1) is 17.6 Å². The molecular formula is C16H15BrN2O. The monoisotopic (exact) mass is 330 g/mol. The predicted molar refractivity (Wildman–Crippen MR) is 84.2 cm³/mol. The van der Waals surface area contributed by atoms with E-state index in [4.69, 9.17) is 4.74 Å². The second-order valence-electron chi connectivity index (χ2n) is 4.71. The standard InChI is InChI=1S/C16H15BrN2O/c1-11-4-2-3-5-15(11)20-9-8-16-18-13-7-6-12(17)10-14(13)19-16/h2-7,10H,8-9H2,1H3,(H,18,19). The van der Waals surface area contributed by atoms with Crippen LogP contribution in [-0.4, -0.2) is 16.6 Å². The molecule has 0 atom stereocenters. The Balaban J connectivity index is 1.67. The van der Waals surface area contributed by atoms with Crippen molar-refractivity contribution < 1.29 is 4.74 Å².